The van der Waals surface area contributed by atoms with Gasteiger partial charge in [-0.3, -0.25) is 4.79 Å². The van der Waals surface area contributed by atoms with Gasteiger partial charge in [0.2, 0.25) is 0 Å². The molecule has 7 nitrogen and oxygen atoms in total. The smallest absolute Gasteiger partial charge is 0.315 e. The van der Waals surface area contributed by atoms with Gasteiger partial charge < -0.3 is 18.8 Å². The SMILES string of the molecule is C[Si](C)(C)CCOCn1cc(-c2ccccc2C#N)c2c(Oc3c(F)cc(CC(=O)Oc4ccccc4)cc3F)ccnc21. The van der Waals surface area contributed by atoms with Crippen LogP contribution in [0, 0.1) is 23.0 Å². The average molecular weight is 612 g/mol. The van der Waals surface area contributed by atoms with Gasteiger partial charge in [-0.25, -0.2) is 13.8 Å². The summed E-state index contributed by atoms with van der Waals surface area (Å²) < 4.78 is 49.6. The minimum absolute atomic E-state index is 0.0958. The first-order valence-electron chi connectivity index (χ1n) is 14.1. The van der Waals surface area contributed by atoms with Gasteiger partial charge in [0.1, 0.15) is 23.9 Å². The lowest BCUT2D eigenvalue weighted by atomic mass is 10.0. The molecule has 0 spiro atoms. The molecule has 0 unspecified atom stereocenters. The molecule has 0 fully saturated rings. The van der Waals surface area contributed by atoms with Crippen LogP contribution in [0.1, 0.15) is 11.1 Å². The Morgan fingerprint density at radius 2 is 1.68 bits per heavy atom. The van der Waals surface area contributed by atoms with Gasteiger partial charge in [0.05, 0.1) is 23.4 Å². The van der Waals surface area contributed by atoms with Crippen molar-refractivity contribution in [1.82, 2.24) is 9.55 Å². The molecule has 0 saturated heterocycles. The maximum Gasteiger partial charge on any atom is 0.315 e. The van der Waals surface area contributed by atoms with Crippen molar-refractivity contribution in [3.8, 4) is 34.4 Å². The minimum Gasteiger partial charge on any atom is -0.450 e. The Hall–Kier alpha value is -4.85. The fourth-order valence-electron chi connectivity index (χ4n) is 4.68. The number of fused-ring (bicyclic) bond motifs is 1. The van der Waals surface area contributed by atoms with Crippen molar-refractivity contribution >= 4 is 25.1 Å². The van der Waals surface area contributed by atoms with E-state index in [1.54, 1.807) is 53.1 Å². The normalized spacial score (nSPS) is 11.4. The van der Waals surface area contributed by atoms with Crippen molar-refractivity contribution in [1.29, 1.82) is 5.26 Å². The summed E-state index contributed by atoms with van der Waals surface area (Å²) in [6, 6.07) is 22.3. The lowest BCUT2D eigenvalue weighted by Crippen LogP contribution is -2.22. The average Bonchev–Trinajstić information content (AvgIpc) is 3.36. The van der Waals surface area contributed by atoms with Crippen LogP contribution in [0.2, 0.25) is 25.7 Å². The second-order valence-corrected chi connectivity index (χ2v) is 17.1. The van der Waals surface area contributed by atoms with E-state index in [2.05, 4.69) is 30.7 Å². The Balaban J connectivity index is 1.48. The number of rotatable bonds is 11. The zero-order valence-corrected chi connectivity index (χ0v) is 25.6. The summed E-state index contributed by atoms with van der Waals surface area (Å²) in [5.74, 6) is -2.77. The summed E-state index contributed by atoms with van der Waals surface area (Å²) >= 11 is 0. The van der Waals surface area contributed by atoms with Gasteiger partial charge in [-0.15, -0.1) is 0 Å². The number of aromatic nitrogens is 2. The maximum absolute atomic E-state index is 15.3. The Morgan fingerprint density at radius 3 is 2.39 bits per heavy atom. The van der Waals surface area contributed by atoms with Crippen molar-refractivity contribution in [3.63, 3.8) is 0 Å². The molecule has 2 heterocycles. The monoisotopic (exact) mass is 611 g/mol. The molecule has 224 valence electrons. The van der Waals surface area contributed by atoms with Crippen LogP contribution in [0.15, 0.2) is 85.2 Å². The predicted molar refractivity (Wildman–Crippen MR) is 166 cm³/mol. The van der Waals surface area contributed by atoms with Crippen LogP contribution in [0.4, 0.5) is 8.78 Å². The molecule has 2 aromatic heterocycles. The number of para-hydroxylation sites is 1. The zero-order valence-electron chi connectivity index (χ0n) is 24.6. The molecular weight excluding hydrogens is 580 g/mol. The number of hydrogen-bond donors (Lipinski definition) is 0. The van der Waals surface area contributed by atoms with E-state index in [4.69, 9.17) is 14.2 Å². The maximum atomic E-state index is 15.3. The van der Waals surface area contributed by atoms with E-state index in [0.29, 0.717) is 40.1 Å². The van der Waals surface area contributed by atoms with Crippen molar-refractivity contribution in [2.24, 2.45) is 0 Å². The standard InChI is InChI=1S/C34H31F2N3O4Si/c1-44(2,3)16-15-41-22-39-21-27(26-12-8-7-9-24(26)20-37)32-30(13-14-38-34(32)39)43-33-28(35)17-23(18-29(33)36)19-31(40)42-25-10-5-4-6-11-25/h4-14,17-18,21H,15-16,19,22H2,1-3H3. The van der Waals surface area contributed by atoms with Crippen LogP contribution in [-0.2, 0) is 22.7 Å². The molecule has 0 radical (unpaired) electrons. The molecule has 5 aromatic rings. The summed E-state index contributed by atoms with van der Waals surface area (Å²) in [6.45, 7) is 7.58. The number of nitriles is 1. The highest BCUT2D eigenvalue weighted by Crippen LogP contribution is 2.40. The number of esters is 1. The molecular formula is C34H31F2N3O4Si. The molecule has 0 amide bonds. The molecule has 0 aliphatic rings. The minimum atomic E-state index is -1.31. The van der Waals surface area contributed by atoms with E-state index in [0.717, 1.165) is 18.2 Å². The largest absolute Gasteiger partial charge is 0.450 e. The highest BCUT2D eigenvalue weighted by Gasteiger charge is 2.22. The molecule has 10 heteroatoms. The molecule has 0 aliphatic heterocycles. The van der Waals surface area contributed by atoms with E-state index < -0.39 is 31.4 Å². The van der Waals surface area contributed by atoms with Crippen LogP contribution < -0.4 is 9.47 Å². The summed E-state index contributed by atoms with van der Waals surface area (Å²) in [5, 5.41) is 10.3. The third kappa shape index (κ3) is 7.19. The van der Waals surface area contributed by atoms with Crippen LogP contribution in [0.3, 0.4) is 0 Å². The summed E-state index contributed by atoms with van der Waals surface area (Å²) in [7, 11) is -1.31. The predicted octanol–water partition coefficient (Wildman–Crippen LogP) is 8.11. The quantitative estimate of drug-likeness (QED) is 0.0649. The summed E-state index contributed by atoms with van der Waals surface area (Å²) in [4.78, 5) is 16.9. The molecule has 0 bridgehead atoms. The Morgan fingerprint density at radius 1 is 0.977 bits per heavy atom. The van der Waals surface area contributed by atoms with Crippen molar-refractivity contribution < 1.29 is 27.8 Å². The third-order valence-corrected chi connectivity index (χ3v) is 8.58. The van der Waals surface area contributed by atoms with Gasteiger partial charge >= 0.3 is 5.97 Å². The van der Waals surface area contributed by atoms with Crippen LogP contribution >= 0.6 is 0 Å². The summed E-state index contributed by atoms with van der Waals surface area (Å²) in [6.07, 6.45) is 2.96. The second kappa shape index (κ2) is 13.2. The molecule has 0 saturated carbocycles. The van der Waals surface area contributed by atoms with Crippen LogP contribution in [0.25, 0.3) is 22.2 Å². The zero-order chi connectivity index (χ0) is 31.3. The van der Waals surface area contributed by atoms with E-state index in [1.165, 1.54) is 12.3 Å². The second-order valence-electron chi connectivity index (χ2n) is 11.5. The molecule has 5 rings (SSSR count). The Kier molecular flexibility index (Phi) is 9.18. The molecule has 44 heavy (non-hydrogen) atoms. The first-order valence-corrected chi connectivity index (χ1v) is 17.8. The van der Waals surface area contributed by atoms with E-state index in [1.807, 2.05) is 12.3 Å². The van der Waals surface area contributed by atoms with E-state index >= 15 is 8.78 Å². The van der Waals surface area contributed by atoms with E-state index in [9.17, 15) is 10.1 Å². The van der Waals surface area contributed by atoms with Gasteiger partial charge in [-0.2, -0.15) is 5.26 Å². The van der Waals surface area contributed by atoms with Crippen LogP contribution in [-0.4, -0.2) is 30.2 Å². The Labute approximate surface area is 255 Å². The molecule has 0 atom stereocenters. The van der Waals surface area contributed by atoms with Gasteiger partial charge in [0.25, 0.3) is 0 Å². The van der Waals surface area contributed by atoms with Gasteiger partial charge in [0, 0.05) is 38.2 Å². The number of ether oxygens (including phenoxy) is 3. The lowest BCUT2D eigenvalue weighted by Gasteiger charge is -2.15. The number of benzene rings is 3. The van der Waals surface area contributed by atoms with Crippen molar-refractivity contribution in [3.05, 3.63) is 108 Å². The van der Waals surface area contributed by atoms with Crippen molar-refractivity contribution in [2.75, 3.05) is 6.61 Å². The number of pyridine rings is 1. The first kappa shape index (κ1) is 30.6. The Bertz CT molecular complexity index is 1820. The molecule has 0 aliphatic carbocycles. The summed E-state index contributed by atoms with van der Waals surface area (Å²) in [5.41, 5.74) is 2.21. The number of carbonyl (C=O) groups excluding carboxylic acids is 1. The molecule has 0 N–H and O–H groups in total. The van der Waals surface area contributed by atoms with Gasteiger partial charge in [-0.05, 0) is 48.0 Å². The topological polar surface area (TPSA) is 86.4 Å². The number of nitrogens with zero attached hydrogens (tertiary/aromatic N) is 3. The highest BCUT2D eigenvalue weighted by atomic mass is 28.3. The number of hydrogen-bond acceptors (Lipinski definition) is 6. The number of halogens is 2. The van der Waals surface area contributed by atoms with Gasteiger partial charge in [0.15, 0.2) is 17.4 Å². The fraction of sp³-hybridized carbons (Fsp3) is 0.206. The fourth-order valence-corrected chi connectivity index (χ4v) is 5.43. The van der Waals surface area contributed by atoms with Gasteiger partial charge in [-0.1, -0.05) is 56.0 Å². The highest BCUT2D eigenvalue weighted by molar-refractivity contribution is 6.76. The third-order valence-electron chi connectivity index (χ3n) is 6.88. The van der Waals surface area contributed by atoms with E-state index in [-0.39, 0.29) is 24.5 Å². The lowest BCUT2D eigenvalue weighted by molar-refractivity contribution is -0.133. The number of carbonyl (C=O) groups is 1. The van der Waals surface area contributed by atoms with Crippen LogP contribution in [0.5, 0.6) is 17.2 Å². The molecule has 3 aromatic carbocycles. The first-order chi connectivity index (χ1) is 21.1. The van der Waals surface area contributed by atoms with Crippen molar-refractivity contribution in [2.45, 2.75) is 38.8 Å².